The molecule has 7 nitrogen and oxygen atoms in total. The van der Waals surface area contributed by atoms with Gasteiger partial charge < -0.3 is 15.4 Å². The Morgan fingerprint density at radius 3 is 2.73 bits per heavy atom. The Morgan fingerprint density at radius 2 is 2.00 bits per heavy atom. The van der Waals surface area contributed by atoms with Crippen LogP contribution in [-0.2, 0) is 17.8 Å². The van der Waals surface area contributed by atoms with E-state index in [1.165, 1.54) is 6.33 Å². The van der Waals surface area contributed by atoms with Crippen molar-refractivity contribution in [3.63, 3.8) is 0 Å². The van der Waals surface area contributed by atoms with Gasteiger partial charge in [0.05, 0.1) is 18.6 Å². The van der Waals surface area contributed by atoms with Gasteiger partial charge in [-0.05, 0) is 5.56 Å². The summed E-state index contributed by atoms with van der Waals surface area (Å²) in [6.45, 7) is 0.638. The molecular formula is C15H15N5O2. The van der Waals surface area contributed by atoms with Gasteiger partial charge in [-0.15, -0.1) is 0 Å². The van der Waals surface area contributed by atoms with E-state index >= 15 is 0 Å². The first-order valence-electron chi connectivity index (χ1n) is 6.82. The molecule has 7 heteroatoms. The second kappa shape index (κ2) is 5.90. The molecule has 1 aromatic carbocycles. The minimum Gasteiger partial charge on any atom is -0.480 e. The van der Waals surface area contributed by atoms with Gasteiger partial charge in [0.1, 0.15) is 17.9 Å². The third-order valence-corrected chi connectivity index (χ3v) is 3.40. The Morgan fingerprint density at radius 1 is 1.23 bits per heavy atom. The van der Waals surface area contributed by atoms with E-state index in [2.05, 4.69) is 15.0 Å². The van der Waals surface area contributed by atoms with Crippen molar-refractivity contribution in [2.45, 2.75) is 19.0 Å². The van der Waals surface area contributed by atoms with E-state index < -0.39 is 12.0 Å². The van der Waals surface area contributed by atoms with Gasteiger partial charge in [-0.1, -0.05) is 30.3 Å². The van der Waals surface area contributed by atoms with E-state index in [1.54, 1.807) is 6.33 Å². The molecule has 0 aliphatic carbocycles. The number of carbonyl (C=O) groups is 1. The molecule has 0 fully saturated rings. The quantitative estimate of drug-likeness (QED) is 0.722. The lowest BCUT2D eigenvalue weighted by Gasteiger charge is -2.07. The zero-order chi connectivity index (χ0) is 15.5. The molecule has 3 rings (SSSR count). The highest BCUT2D eigenvalue weighted by molar-refractivity contribution is 5.77. The first-order chi connectivity index (χ1) is 10.6. The highest BCUT2D eigenvalue weighted by Crippen LogP contribution is 2.15. The summed E-state index contributed by atoms with van der Waals surface area (Å²) >= 11 is 0. The predicted molar refractivity (Wildman–Crippen MR) is 80.2 cm³/mol. The Kier molecular flexibility index (Phi) is 3.80. The highest BCUT2D eigenvalue weighted by atomic mass is 16.4. The van der Waals surface area contributed by atoms with Crippen LogP contribution in [0.25, 0.3) is 11.2 Å². The van der Waals surface area contributed by atoms with Crippen LogP contribution in [0.1, 0.15) is 11.3 Å². The van der Waals surface area contributed by atoms with E-state index in [1.807, 2.05) is 34.9 Å². The standard InChI is InChI=1S/C15H15N5O2/c16-11(15(21)22)6-12-13-14(18-8-17-12)20(9-19-13)7-10-4-2-1-3-5-10/h1-5,8-9,11H,6-7,16H2,(H,21,22). The Hall–Kier alpha value is -2.80. The summed E-state index contributed by atoms with van der Waals surface area (Å²) in [4.78, 5) is 23.6. The minimum atomic E-state index is -1.06. The van der Waals surface area contributed by atoms with Gasteiger partial charge in [0.15, 0.2) is 5.65 Å². The monoisotopic (exact) mass is 297 g/mol. The average Bonchev–Trinajstić information content (AvgIpc) is 2.92. The minimum absolute atomic E-state index is 0.122. The maximum Gasteiger partial charge on any atom is 0.320 e. The molecule has 22 heavy (non-hydrogen) atoms. The number of nitrogens with two attached hydrogens (primary N) is 1. The molecule has 3 N–H and O–H groups in total. The normalized spacial score (nSPS) is 12.4. The van der Waals surface area contributed by atoms with Gasteiger partial charge in [-0.2, -0.15) is 0 Å². The summed E-state index contributed by atoms with van der Waals surface area (Å²) in [5.74, 6) is -1.06. The van der Waals surface area contributed by atoms with Gasteiger partial charge in [0.2, 0.25) is 0 Å². The molecule has 0 bridgehead atoms. The summed E-state index contributed by atoms with van der Waals surface area (Å²) in [7, 11) is 0. The van der Waals surface area contributed by atoms with Crippen LogP contribution < -0.4 is 5.73 Å². The van der Waals surface area contributed by atoms with Crippen molar-refractivity contribution in [1.82, 2.24) is 19.5 Å². The second-order valence-electron chi connectivity index (χ2n) is 5.00. The number of nitrogens with zero attached hydrogens (tertiary/aromatic N) is 4. The third-order valence-electron chi connectivity index (χ3n) is 3.40. The zero-order valence-electron chi connectivity index (χ0n) is 11.8. The lowest BCUT2D eigenvalue weighted by Crippen LogP contribution is -2.32. The molecule has 1 atom stereocenters. The number of hydrogen-bond acceptors (Lipinski definition) is 5. The first-order valence-corrected chi connectivity index (χ1v) is 6.82. The number of carboxylic acids is 1. The number of rotatable bonds is 5. The Labute approximate surface area is 126 Å². The summed E-state index contributed by atoms with van der Waals surface area (Å²) in [5.41, 5.74) is 8.52. The summed E-state index contributed by atoms with van der Waals surface area (Å²) < 4.78 is 1.90. The summed E-state index contributed by atoms with van der Waals surface area (Å²) in [5, 5.41) is 8.92. The molecule has 0 aliphatic heterocycles. The van der Waals surface area contributed by atoms with E-state index in [0.717, 1.165) is 5.56 Å². The summed E-state index contributed by atoms with van der Waals surface area (Å²) in [6, 6.07) is 8.95. The van der Waals surface area contributed by atoms with Gasteiger partial charge >= 0.3 is 5.97 Å². The van der Waals surface area contributed by atoms with Crippen molar-refractivity contribution in [3.8, 4) is 0 Å². The van der Waals surface area contributed by atoms with E-state index in [0.29, 0.717) is 23.4 Å². The molecule has 2 heterocycles. The number of aromatic nitrogens is 4. The topological polar surface area (TPSA) is 107 Å². The fourth-order valence-corrected chi connectivity index (χ4v) is 2.27. The first kappa shape index (κ1) is 14.2. The molecule has 3 aromatic rings. The maximum absolute atomic E-state index is 10.9. The maximum atomic E-state index is 10.9. The molecule has 0 saturated carbocycles. The zero-order valence-corrected chi connectivity index (χ0v) is 11.8. The highest BCUT2D eigenvalue weighted by Gasteiger charge is 2.17. The van der Waals surface area contributed by atoms with E-state index in [4.69, 9.17) is 10.8 Å². The number of carboxylic acid groups (broad SMARTS) is 1. The molecule has 0 saturated heterocycles. The van der Waals surface area contributed by atoms with Gasteiger partial charge in [0, 0.05) is 6.42 Å². The molecule has 0 aliphatic rings. The summed E-state index contributed by atoms with van der Waals surface area (Å²) in [6.07, 6.45) is 3.22. The molecule has 2 aromatic heterocycles. The van der Waals surface area contributed by atoms with Crippen molar-refractivity contribution in [3.05, 3.63) is 54.2 Å². The molecule has 1 unspecified atom stereocenters. The van der Waals surface area contributed by atoms with Crippen molar-refractivity contribution in [2.24, 2.45) is 5.73 Å². The van der Waals surface area contributed by atoms with E-state index in [-0.39, 0.29) is 6.42 Å². The Balaban J connectivity index is 1.93. The van der Waals surface area contributed by atoms with Gasteiger partial charge in [-0.25, -0.2) is 15.0 Å². The largest absolute Gasteiger partial charge is 0.480 e. The fraction of sp³-hybridized carbons (Fsp3) is 0.200. The SMILES string of the molecule is NC(Cc1ncnc2c1ncn2Cc1ccccc1)C(=O)O. The van der Waals surface area contributed by atoms with Crippen LogP contribution in [0.5, 0.6) is 0 Å². The number of imidazole rings is 1. The molecule has 0 amide bonds. The van der Waals surface area contributed by atoms with Crippen molar-refractivity contribution < 1.29 is 9.90 Å². The van der Waals surface area contributed by atoms with Crippen LogP contribution >= 0.6 is 0 Å². The number of benzene rings is 1. The van der Waals surface area contributed by atoms with Gasteiger partial charge in [0.25, 0.3) is 0 Å². The molecular weight excluding hydrogens is 282 g/mol. The van der Waals surface area contributed by atoms with Crippen molar-refractivity contribution in [1.29, 1.82) is 0 Å². The predicted octanol–water partition coefficient (Wildman–Crippen LogP) is 0.829. The van der Waals surface area contributed by atoms with Crippen LogP contribution in [-0.4, -0.2) is 36.6 Å². The molecule has 0 spiro atoms. The third kappa shape index (κ3) is 2.79. The van der Waals surface area contributed by atoms with Crippen molar-refractivity contribution in [2.75, 3.05) is 0 Å². The van der Waals surface area contributed by atoms with Crippen LogP contribution in [0.2, 0.25) is 0 Å². The number of aliphatic carboxylic acids is 1. The van der Waals surface area contributed by atoms with Crippen LogP contribution in [0.15, 0.2) is 43.0 Å². The van der Waals surface area contributed by atoms with E-state index in [9.17, 15) is 4.79 Å². The number of fused-ring (bicyclic) bond motifs is 1. The number of hydrogen-bond donors (Lipinski definition) is 2. The van der Waals surface area contributed by atoms with Crippen LogP contribution in [0.3, 0.4) is 0 Å². The van der Waals surface area contributed by atoms with Crippen LogP contribution in [0.4, 0.5) is 0 Å². The smallest absolute Gasteiger partial charge is 0.320 e. The Bertz CT molecular complexity index is 800. The fourth-order valence-electron chi connectivity index (χ4n) is 2.27. The lowest BCUT2D eigenvalue weighted by atomic mass is 10.1. The van der Waals surface area contributed by atoms with Gasteiger partial charge in [-0.3, -0.25) is 4.79 Å². The van der Waals surface area contributed by atoms with Crippen molar-refractivity contribution >= 4 is 17.1 Å². The molecule has 112 valence electrons. The lowest BCUT2D eigenvalue weighted by molar-refractivity contribution is -0.138. The van der Waals surface area contributed by atoms with Crippen LogP contribution in [0, 0.1) is 0 Å². The average molecular weight is 297 g/mol. The molecule has 0 radical (unpaired) electrons. The second-order valence-corrected chi connectivity index (χ2v) is 5.00.